The molecule has 0 aliphatic heterocycles. The molecule has 0 rings (SSSR count). The van der Waals surface area contributed by atoms with Gasteiger partial charge in [0.1, 0.15) is 12.6 Å². The van der Waals surface area contributed by atoms with Crippen molar-refractivity contribution in [2.24, 2.45) is 0 Å². The van der Waals surface area contributed by atoms with Gasteiger partial charge in [0.15, 0.2) is 0 Å². The fraction of sp³-hybridized carbons (Fsp3) is 0.618. The van der Waals surface area contributed by atoms with Gasteiger partial charge in [-0.2, -0.15) is 0 Å². The van der Waals surface area contributed by atoms with Crippen molar-refractivity contribution in [2.75, 3.05) is 6.54 Å². The predicted molar refractivity (Wildman–Crippen MR) is 166 cm³/mol. The maximum absolute atomic E-state index is 12.3. The number of rotatable bonds is 26. The van der Waals surface area contributed by atoms with Crippen LogP contribution in [0.15, 0.2) is 60.8 Å². The third-order valence-corrected chi connectivity index (χ3v) is 6.18. The summed E-state index contributed by atoms with van der Waals surface area (Å²) in [6, 6.07) is 0. The number of carbonyl (C=O) groups is 3. The maximum atomic E-state index is 12.3. The van der Waals surface area contributed by atoms with E-state index in [0.29, 0.717) is 19.3 Å². The molecule has 0 aromatic heterocycles. The van der Waals surface area contributed by atoms with Gasteiger partial charge in [-0.05, 0) is 77.0 Å². The van der Waals surface area contributed by atoms with E-state index in [1.807, 2.05) is 0 Å². The highest BCUT2D eigenvalue weighted by atomic mass is 16.5. The molecule has 1 atom stereocenters. The van der Waals surface area contributed by atoms with E-state index >= 15 is 0 Å². The van der Waals surface area contributed by atoms with Crippen LogP contribution >= 0.6 is 0 Å². The first-order valence-corrected chi connectivity index (χ1v) is 15.4. The first-order chi connectivity index (χ1) is 19.5. The first-order valence-electron chi connectivity index (χ1n) is 15.4. The van der Waals surface area contributed by atoms with Gasteiger partial charge >= 0.3 is 11.9 Å². The summed E-state index contributed by atoms with van der Waals surface area (Å²) in [6.45, 7) is 3.90. The van der Waals surface area contributed by atoms with E-state index in [0.717, 1.165) is 89.9 Å². The van der Waals surface area contributed by atoms with Crippen molar-refractivity contribution in [3.63, 3.8) is 0 Å². The summed E-state index contributed by atoms with van der Waals surface area (Å²) >= 11 is 0. The number of aliphatic carboxylic acids is 1. The summed E-state index contributed by atoms with van der Waals surface area (Å²) < 4.78 is 5.71. The highest BCUT2D eigenvalue weighted by molar-refractivity contribution is 5.80. The molecule has 0 radical (unpaired) electrons. The van der Waals surface area contributed by atoms with Crippen molar-refractivity contribution in [2.45, 2.75) is 129 Å². The minimum atomic E-state index is -1.04. The molecule has 0 aromatic rings. The standard InChI is InChI=1S/C34H55NO5/c1-3-5-6-7-8-9-10-11-12-13-14-15-16-17-18-19-20-21-25-29-34(39)40-31(26-4-2)27-23-22-24-28-32(36)35-30-33(37)38/h5-6,8-9,11-12,14-15,17-18,31H,3-4,7,10,13,16,19-30H2,1-2H3,(H,35,36)(H,37,38)/b6-5-,9-8-,12-11-,15-14-,18-17-. The lowest BCUT2D eigenvalue weighted by molar-refractivity contribution is -0.150. The number of hydrogen-bond donors (Lipinski definition) is 2. The Balaban J connectivity index is 3.78. The third kappa shape index (κ3) is 28.1. The molecule has 0 aliphatic carbocycles. The molecule has 1 unspecified atom stereocenters. The second kappa shape index (κ2) is 29.1. The van der Waals surface area contributed by atoms with Crippen LogP contribution in [-0.4, -0.2) is 35.6 Å². The lowest BCUT2D eigenvalue weighted by atomic mass is 10.1. The summed E-state index contributed by atoms with van der Waals surface area (Å²) in [6.07, 6.45) is 36.9. The molecular weight excluding hydrogens is 502 g/mol. The molecule has 6 nitrogen and oxygen atoms in total. The van der Waals surface area contributed by atoms with Gasteiger partial charge in [0.25, 0.3) is 0 Å². The Kier molecular flexibility index (Phi) is 27.0. The Morgan fingerprint density at radius 3 is 1.80 bits per heavy atom. The van der Waals surface area contributed by atoms with E-state index in [2.05, 4.69) is 79.9 Å². The molecule has 226 valence electrons. The lowest BCUT2D eigenvalue weighted by Gasteiger charge is -2.17. The zero-order valence-corrected chi connectivity index (χ0v) is 25.2. The van der Waals surface area contributed by atoms with E-state index in [-0.39, 0.29) is 24.5 Å². The summed E-state index contributed by atoms with van der Waals surface area (Å²) in [5, 5.41) is 10.9. The van der Waals surface area contributed by atoms with Crippen molar-refractivity contribution in [3.05, 3.63) is 60.8 Å². The molecule has 6 heteroatoms. The van der Waals surface area contributed by atoms with Crippen molar-refractivity contribution in [1.82, 2.24) is 5.32 Å². The van der Waals surface area contributed by atoms with Gasteiger partial charge in [0, 0.05) is 12.8 Å². The van der Waals surface area contributed by atoms with Gasteiger partial charge in [-0.1, -0.05) is 93.9 Å². The topological polar surface area (TPSA) is 92.7 Å². The molecule has 0 heterocycles. The summed E-state index contributed by atoms with van der Waals surface area (Å²) in [4.78, 5) is 34.3. The van der Waals surface area contributed by atoms with E-state index in [9.17, 15) is 14.4 Å². The fourth-order valence-corrected chi connectivity index (χ4v) is 4.00. The van der Waals surface area contributed by atoms with Crippen molar-refractivity contribution < 1.29 is 24.2 Å². The average molecular weight is 558 g/mol. The zero-order chi connectivity index (χ0) is 29.5. The Morgan fingerprint density at radius 1 is 0.675 bits per heavy atom. The highest BCUT2D eigenvalue weighted by Gasteiger charge is 2.13. The molecule has 0 aromatic carbocycles. The van der Waals surface area contributed by atoms with Gasteiger partial charge in [0.2, 0.25) is 5.91 Å². The third-order valence-electron chi connectivity index (χ3n) is 6.18. The molecule has 0 aliphatic rings. The Hall–Kier alpha value is -2.89. The number of nitrogens with one attached hydrogen (secondary N) is 1. The number of hydrogen-bond acceptors (Lipinski definition) is 4. The smallest absolute Gasteiger partial charge is 0.322 e. The van der Waals surface area contributed by atoms with E-state index in [1.165, 1.54) is 0 Å². The molecule has 0 bridgehead atoms. The minimum Gasteiger partial charge on any atom is -0.480 e. The van der Waals surface area contributed by atoms with E-state index < -0.39 is 5.97 Å². The van der Waals surface area contributed by atoms with Crippen LogP contribution in [0, 0.1) is 0 Å². The molecule has 0 spiro atoms. The highest BCUT2D eigenvalue weighted by Crippen LogP contribution is 2.15. The zero-order valence-electron chi connectivity index (χ0n) is 25.2. The Morgan fingerprint density at radius 2 is 1.23 bits per heavy atom. The van der Waals surface area contributed by atoms with Gasteiger partial charge in [0.05, 0.1) is 0 Å². The summed E-state index contributed by atoms with van der Waals surface area (Å²) in [5.74, 6) is -1.38. The predicted octanol–water partition coefficient (Wildman–Crippen LogP) is 8.55. The van der Waals surface area contributed by atoms with Crippen molar-refractivity contribution >= 4 is 17.8 Å². The van der Waals surface area contributed by atoms with Crippen LogP contribution in [0.25, 0.3) is 0 Å². The van der Waals surface area contributed by atoms with Crippen LogP contribution in [0.3, 0.4) is 0 Å². The molecule has 0 saturated carbocycles. The quantitative estimate of drug-likeness (QED) is 0.0631. The van der Waals surface area contributed by atoms with E-state index in [1.54, 1.807) is 0 Å². The van der Waals surface area contributed by atoms with Gasteiger partial charge in [-0.25, -0.2) is 0 Å². The molecule has 0 fully saturated rings. The van der Waals surface area contributed by atoms with Crippen LogP contribution in [0.4, 0.5) is 0 Å². The van der Waals surface area contributed by atoms with Crippen LogP contribution < -0.4 is 5.32 Å². The number of carboxylic acids is 1. The average Bonchev–Trinajstić information content (AvgIpc) is 2.93. The lowest BCUT2D eigenvalue weighted by Crippen LogP contribution is -2.28. The number of amides is 1. The number of carboxylic acid groups (broad SMARTS) is 1. The van der Waals surface area contributed by atoms with Gasteiger partial charge in [-0.15, -0.1) is 0 Å². The summed E-state index contributed by atoms with van der Waals surface area (Å²) in [5.41, 5.74) is 0. The van der Waals surface area contributed by atoms with Crippen molar-refractivity contribution in [1.29, 1.82) is 0 Å². The molecule has 40 heavy (non-hydrogen) atoms. The van der Waals surface area contributed by atoms with Gasteiger partial charge < -0.3 is 15.2 Å². The SMILES string of the molecule is CC/C=C\C/C=C\C/C=C\C/C=C\C/C=C\CCCCCC(=O)OC(CCC)CCCCCC(=O)NCC(=O)O. The minimum absolute atomic E-state index is 0.0559. The van der Waals surface area contributed by atoms with Crippen LogP contribution in [-0.2, 0) is 19.1 Å². The van der Waals surface area contributed by atoms with Crippen LogP contribution in [0.1, 0.15) is 123 Å². The fourth-order valence-electron chi connectivity index (χ4n) is 4.00. The molecule has 0 saturated heterocycles. The number of esters is 1. The number of ether oxygens (including phenoxy) is 1. The number of unbranched alkanes of at least 4 members (excludes halogenated alkanes) is 5. The largest absolute Gasteiger partial charge is 0.480 e. The normalized spacial score (nSPS) is 12.8. The van der Waals surface area contributed by atoms with Gasteiger partial charge in [-0.3, -0.25) is 14.4 Å². The van der Waals surface area contributed by atoms with Crippen LogP contribution in [0.2, 0.25) is 0 Å². The number of carbonyl (C=O) groups excluding carboxylic acids is 2. The second-order valence-corrected chi connectivity index (χ2v) is 9.98. The molecule has 2 N–H and O–H groups in total. The Labute approximate surface area is 243 Å². The first kappa shape index (κ1) is 37.1. The Bertz CT molecular complexity index is 794. The molecular formula is C34H55NO5. The molecule has 1 amide bonds. The van der Waals surface area contributed by atoms with Crippen LogP contribution in [0.5, 0.6) is 0 Å². The second-order valence-electron chi connectivity index (χ2n) is 9.98. The number of allylic oxidation sites excluding steroid dienone is 10. The monoisotopic (exact) mass is 557 g/mol. The summed E-state index contributed by atoms with van der Waals surface area (Å²) in [7, 11) is 0. The maximum Gasteiger partial charge on any atom is 0.322 e. The van der Waals surface area contributed by atoms with Crippen molar-refractivity contribution in [3.8, 4) is 0 Å². The van der Waals surface area contributed by atoms with E-state index in [4.69, 9.17) is 9.84 Å².